The quantitative estimate of drug-likeness (QED) is 0.0376. The molecule has 0 saturated carbocycles. The van der Waals surface area contributed by atoms with Crippen LogP contribution in [0, 0.1) is 0 Å². The summed E-state index contributed by atoms with van der Waals surface area (Å²) in [7, 11) is 1.52. The van der Waals surface area contributed by atoms with Gasteiger partial charge in [-0.2, -0.15) is 0 Å². The fraction of sp³-hybridized carbons (Fsp3) is 0.679. The van der Waals surface area contributed by atoms with Crippen molar-refractivity contribution >= 4 is 17.3 Å². The first-order valence-corrected chi connectivity index (χ1v) is 13.7. The van der Waals surface area contributed by atoms with E-state index in [4.69, 9.17) is 30.3 Å². The first-order chi connectivity index (χ1) is 19.0. The minimum Gasteiger partial charge on any atom is -0.495 e. The number of hydrogen-bond acceptors (Lipinski definition) is 12. The van der Waals surface area contributed by atoms with E-state index in [9.17, 15) is 14.4 Å². The van der Waals surface area contributed by atoms with Crippen molar-refractivity contribution in [1.82, 2.24) is 16.0 Å². The second-order valence-corrected chi connectivity index (χ2v) is 8.74. The van der Waals surface area contributed by atoms with Gasteiger partial charge in [0.25, 0.3) is 0 Å². The monoisotopic (exact) mass is 631 g/mol. The van der Waals surface area contributed by atoms with Gasteiger partial charge in [0.2, 0.25) is 0 Å². The minimum absolute atomic E-state index is 0. The first kappa shape index (κ1) is 45.4. The van der Waals surface area contributed by atoms with Gasteiger partial charge >= 0.3 is 0 Å². The molecule has 0 aromatic rings. The molecule has 0 bridgehead atoms. The molecule has 0 radical (unpaired) electrons. The molecule has 0 fully saturated rings. The van der Waals surface area contributed by atoms with E-state index in [1.165, 1.54) is 34.0 Å². The fourth-order valence-electron chi connectivity index (χ4n) is 2.74. The number of rotatable bonds is 22. The maximum Gasteiger partial charge on any atom is 0.189 e. The van der Waals surface area contributed by atoms with Gasteiger partial charge in [0.05, 0.1) is 7.11 Å². The molecule has 8 N–H and O–H groups in total. The number of ether oxygens (including phenoxy) is 1. The topological polar surface area (TPSA) is 198 Å². The third-order valence-corrected chi connectivity index (χ3v) is 4.65. The van der Waals surface area contributed by atoms with Gasteiger partial charge in [-0.05, 0) is 78.6 Å². The Hall–Kier alpha value is -2.57. The number of unbranched alkanes of at least 4 members (excludes halogenated alkanes) is 6. The van der Waals surface area contributed by atoms with Crippen molar-refractivity contribution in [2.75, 3.05) is 46.6 Å². The molecule has 0 aliphatic heterocycles. The average Bonchev–Trinajstić information content (AvgIpc) is 2.87. The summed E-state index contributed by atoms with van der Waals surface area (Å²) >= 11 is 0. The van der Waals surface area contributed by atoms with Crippen molar-refractivity contribution < 1.29 is 61.7 Å². The van der Waals surface area contributed by atoms with Crippen LogP contribution in [0.3, 0.4) is 0 Å². The zero-order valence-electron chi connectivity index (χ0n) is 25.1. The largest absolute Gasteiger partial charge is 0.495 e. The predicted octanol–water partition coefficient (Wildman–Crippen LogP) is 2.27. The molecule has 41 heavy (non-hydrogen) atoms. The molecular formula is C28H53FeN3O9. The normalized spacial score (nSPS) is 11.0. The summed E-state index contributed by atoms with van der Waals surface area (Å²) in [5.74, 6) is -0.0695. The molecule has 0 unspecified atom stereocenters. The Morgan fingerprint density at radius 2 is 0.878 bits per heavy atom. The zero-order valence-corrected chi connectivity index (χ0v) is 26.2. The van der Waals surface area contributed by atoms with Gasteiger partial charge in [-0.3, -0.25) is 14.4 Å². The molecule has 0 rings (SSSR count). The van der Waals surface area contributed by atoms with Crippen molar-refractivity contribution in [3.05, 3.63) is 35.9 Å². The second-order valence-electron chi connectivity index (χ2n) is 8.74. The standard InChI is InChI=1S/C10H19NO3.2C9H17NO3.Fe/c1-9(13)8-10(14-2)11-6-4-3-5-7-12;2*1-8(12)7-9(13)10-5-3-2-4-6-11;/h8,11-12H,3-7H2,1-2H3;2*7,10-11,13H,2-6H2,1H3;/b10-8-;;;. The van der Waals surface area contributed by atoms with Crippen molar-refractivity contribution in [3.8, 4) is 0 Å². The van der Waals surface area contributed by atoms with Crippen molar-refractivity contribution in [2.24, 2.45) is 0 Å². The van der Waals surface area contributed by atoms with E-state index in [0.29, 0.717) is 19.0 Å². The summed E-state index contributed by atoms with van der Waals surface area (Å²) in [5, 5.41) is 52.0. The van der Waals surface area contributed by atoms with Gasteiger partial charge in [0.15, 0.2) is 35.0 Å². The molecule has 242 valence electrons. The SMILES string of the molecule is CC(=O)C=C(O)NCCCCCO.CC(=O)C=C(O)NCCCCCO.CO/C(=C\C(C)=O)NCCCCCO.[Fe]. The van der Waals surface area contributed by atoms with Gasteiger partial charge in [0.1, 0.15) is 0 Å². The molecule has 13 heteroatoms. The fourth-order valence-corrected chi connectivity index (χ4v) is 2.74. The number of allylic oxidation sites excluding steroid dienone is 3. The van der Waals surface area contributed by atoms with E-state index in [1.54, 1.807) is 0 Å². The number of nitrogens with one attached hydrogen (secondary N) is 3. The summed E-state index contributed by atoms with van der Waals surface area (Å²) in [4.78, 5) is 31.7. The smallest absolute Gasteiger partial charge is 0.189 e. The van der Waals surface area contributed by atoms with Crippen LogP contribution in [0.1, 0.15) is 78.6 Å². The van der Waals surface area contributed by atoms with Crippen LogP contribution in [-0.2, 0) is 36.2 Å². The predicted molar refractivity (Wildman–Crippen MR) is 155 cm³/mol. The van der Waals surface area contributed by atoms with Crippen LogP contribution in [0.25, 0.3) is 0 Å². The Kier molecular flexibility index (Phi) is 39.3. The molecule has 0 aromatic heterocycles. The van der Waals surface area contributed by atoms with Gasteiger partial charge in [-0.15, -0.1) is 0 Å². The second kappa shape index (κ2) is 35.5. The number of methoxy groups -OCH3 is 1. The Labute approximate surface area is 255 Å². The van der Waals surface area contributed by atoms with Gasteiger partial charge < -0.3 is 46.2 Å². The third-order valence-electron chi connectivity index (χ3n) is 4.65. The summed E-state index contributed by atoms with van der Waals surface area (Å²) in [6.45, 7) is 6.88. The van der Waals surface area contributed by atoms with Gasteiger partial charge in [-0.1, -0.05) is 0 Å². The molecular weight excluding hydrogens is 578 g/mol. The number of hydrogen-bond donors (Lipinski definition) is 8. The van der Waals surface area contributed by atoms with E-state index in [-0.39, 0.29) is 66.0 Å². The molecule has 0 atom stereocenters. The Morgan fingerprint density at radius 1 is 0.561 bits per heavy atom. The van der Waals surface area contributed by atoms with Crippen LogP contribution in [-0.4, -0.2) is 89.4 Å². The number of carbonyl (C=O) groups is 3. The van der Waals surface area contributed by atoms with Crippen molar-refractivity contribution in [3.63, 3.8) is 0 Å². The van der Waals surface area contributed by atoms with E-state index in [0.717, 1.165) is 76.5 Å². The van der Waals surface area contributed by atoms with Gasteiger partial charge in [0, 0.05) is 74.8 Å². The maximum absolute atomic E-state index is 10.7. The summed E-state index contributed by atoms with van der Waals surface area (Å²) < 4.78 is 4.95. The molecule has 0 amide bonds. The summed E-state index contributed by atoms with van der Waals surface area (Å²) in [6.07, 6.45) is 11.6. The van der Waals surface area contributed by atoms with Gasteiger partial charge in [-0.25, -0.2) is 0 Å². The van der Waals surface area contributed by atoms with E-state index in [2.05, 4.69) is 16.0 Å². The number of carbonyl (C=O) groups excluding carboxylic acids is 3. The third kappa shape index (κ3) is 44.7. The number of ketones is 3. The van der Waals surface area contributed by atoms with Crippen LogP contribution in [0.4, 0.5) is 0 Å². The first-order valence-electron chi connectivity index (χ1n) is 13.7. The van der Waals surface area contributed by atoms with E-state index in [1.807, 2.05) is 0 Å². The maximum atomic E-state index is 10.7. The zero-order chi connectivity index (χ0) is 31.0. The number of aliphatic hydroxyl groups excluding tert-OH is 5. The van der Waals surface area contributed by atoms with Crippen LogP contribution in [0.5, 0.6) is 0 Å². The Bertz CT molecular complexity index is 705. The van der Waals surface area contributed by atoms with Crippen molar-refractivity contribution in [2.45, 2.75) is 78.6 Å². The van der Waals surface area contributed by atoms with Crippen LogP contribution < -0.4 is 16.0 Å². The average molecular weight is 632 g/mol. The molecule has 0 spiro atoms. The Balaban J connectivity index is -0.000000248. The molecule has 0 aromatic carbocycles. The summed E-state index contributed by atoms with van der Waals surface area (Å²) in [6, 6.07) is 0. The minimum atomic E-state index is -0.180. The molecule has 0 heterocycles. The molecule has 12 nitrogen and oxygen atoms in total. The molecule has 0 saturated heterocycles. The van der Waals surface area contributed by atoms with E-state index >= 15 is 0 Å². The van der Waals surface area contributed by atoms with Crippen LogP contribution in [0.15, 0.2) is 35.9 Å². The van der Waals surface area contributed by atoms with E-state index < -0.39 is 0 Å². The summed E-state index contributed by atoms with van der Waals surface area (Å²) in [5.41, 5.74) is 0. The van der Waals surface area contributed by atoms with Crippen LogP contribution in [0.2, 0.25) is 0 Å². The van der Waals surface area contributed by atoms with Crippen LogP contribution >= 0.6 is 0 Å². The molecule has 0 aliphatic rings. The number of aliphatic hydroxyl groups is 5. The molecule has 0 aliphatic carbocycles. The Morgan fingerprint density at radius 3 is 1.15 bits per heavy atom. The van der Waals surface area contributed by atoms with Crippen molar-refractivity contribution in [1.29, 1.82) is 0 Å².